The molecule has 2 unspecified atom stereocenters. The summed E-state index contributed by atoms with van der Waals surface area (Å²) in [7, 11) is 0. The first kappa shape index (κ1) is 12.9. The molecule has 1 saturated heterocycles. The van der Waals surface area contributed by atoms with E-state index in [1.807, 2.05) is 0 Å². The van der Waals surface area contributed by atoms with E-state index in [0.29, 0.717) is 17.7 Å². The van der Waals surface area contributed by atoms with Crippen LogP contribution in [0.25, 0.3) is 0 Å². The van der Waals surface area contributed by atoms with Crippen LogP contribution >= 0.6 is 0 Å². The second-order valence-corrected chi connectivity index (χ2v) is 6.21. The molecule has 0 aromatic rings. The maximum absolute atomic E-state index is 12.2. The van der Waals surface area contributed by atoms with Crippen LogP contribution in [0.3, 0.4) is 0 Å². The summed E-state index contributed by atoms with van der Waals surface area (Å²) in [5.74, 6) is 1.63. The van der Waals surface area contributed by atoms with Crippen molar-refractivity contribution in [1.82, 2.24) is 10.6 Å². The minimum absolute atomic E-state index is 0.0733. The highest BCUT2D eigenvalue weighted by Crippen LogP contribution is 2.37. The lowest BCUT2D eigenvalue weighted by Gasteiger charge is -2.31. The summed E-state index contributed by atoms with van der Waals surface area (Å²) in [4.78, 5) is 12.2. The fourth-order valence-electron chi connectivity index (χ4n) is 3.19. The van der Waals surface area contributed by atoms with Gasteiger partial charge in [-0.25, -0.2) is 0 Å². The van der Waals surface area contributed by atoms with Crippen LogP contribution in [-0.4, -0.2) is 25.5 Å². The maximum atomic E-state index is 12.2. The van der Waals surface area contributed by atoms with Gasteiger partial charge in [0.15, 0.2) is 0 Å². The number of piperidine rings is 1. The van der Waals surface area contributed by atoms with Gasteiger partial charge in [0.25, 0.3) is 0 Å². The van der Waals surface area contributed by atoms with Gasteiger partial charge in [-0.2, -0.15) is 0 Å². The van der Waals surface area contributed by atoms with Crippen molar-refractivity contribution in [2.24, 2.45) is 17.3 Å². The topological polar surface area (TPSA) is 41.1 Å². The zero-order valence-electron chi connectivity index (χ0n) is 11.2. The zero-order valence-corrected chi connectivity index (χ0v) is 11.2. The molecule has 0 aromatic heterocycles. The lowest BCUT2D eigenvalue weighted by atomic mass is 9.85. The first-order valence-corrected chi connectivity index (χ1v) is 7.11. The number of hydrogen-bond donors (Lipinski definition) is 2. The van der Waals surface area contributed by atoms with Crippen molar-refractivity contribution in [3.05, 3.63) is 0 Å². The molecule has 1 aliphatic heterocycles. The molecule has 2 aliphatic rings. The number of rotatable bonds is 3. The van der Waals surface area contributed by atoms with Gasteiger partial charge in [0.05, 0.1) is 0 Å². The van der Waals surface area contributed by atoms with Gasteiger partial charge in [-0.05, 0) is 44.2 Å². The van der Waals surface area contributed by atoms with E-state index in [1.165, 1.54) is 19.3 Å². The second-order valence-electron chi connectivity index (χ2n) is 6.21. The Morgan fingerprint density at radius 1 is 1.41 bits per heavy atom. The third-order valence-electron chi connectivity index (χ3n) is 4.74. The van der Waals surface area contributed by atoms with Gasteiger partial charge in [0.2, 0.25) is 5.91 Å². The van der Waals surface area contributed by atoms with Crippen molar-refractivity contribution in [1.29, 1.82) is 0 Å². The number of amides is 1. The Balaban J connectivity index is 1.79. The van der Waals surface area contributed by atoms with Crippen LogP contribution in [0.15, 0.2) is 0 Å². The summed E-state index contributed by atoms with van der Waals surface area (Å²) in [6, 6.07) is 0. The molecule has 17 heavy (non-hydrogen) atoms. The minimum Gasteiger partial charge on any atom is -0.355 e. The molecular formula is C14H26N2O. The lowest BCUT2D eigenvalue weighted by molar-refractivity contribution is -0.130. The normalized spacial score (nSPS) is 32.4. The van der Waals surface area contributed by atoms with Crippen LogP contribution in [0.4, 0.5) is 0 Å². The Labute approximate surface area is 105 Å². The summed E-state index contributed by atoms with van der Waals surface area (Å²) >= 11 is 0. The number of carbonyl (C=O) groups excluding carboxylic acids is 1. The van der Waals surface area contributed by atoms with Crippen molar-refractivity contribution in [3.63, 3.8) is 0 Å². The molecule has 1 heterocycles. The van der Waals surface area contributed by atoms with Crippen LogP contribution in [0.2, 0.25) is 0 Å². The highest BCUT2D eigenvalue weighted by Gasteiger charge is 2.36. The van der Waals surface area contributed by atoms with E-state index >= 15 is 0 Å². The molecule has 2 atom stereocenters. The van der Waals surface area contributed by atoms with Gasteiger partial charge in [-0.15, -0.1) is 0 Å². The highest BCUT2D eigenvalue weighted by molar-refractivity contribution is 5.82. The molecule has 0 bridgehead atoms. The molecule has 1 saturated carbocycles. The molecule has 2 fully saturated rings. The standard InChI is InChI=1S/C14H26N2O/c1-11-9-15-8-5-12(11)10-16-13(17)14(2)6-3-4-7-14/h11-12,15H,3-10H2,1-2H3,(H,16,17). The van der Waals surface area contributed by atoms with Gasteiger partial charge in [-0.3, -0.25) is 4.79 Å². The Bertz CT molecular complexity index is 271. The van der Waals surface area contributed by atoms with Crippen molar-refractivity contribution < 1.29 is 4.79 Å². The van der Waals surface area contributed by atoms with Crippen LogP contribution in [0.1, 0.15) is 46.0 Å². The lowest BCUT2D eigenvalue weighted by Crippen LogP contribution is -2.44. The van der Waals surface area contributed by atoms with Crippen LogP contribution < -0.4 is 10.6 Å². The SMILES string of the molecule is CC1CNCCC1CNC(=O)C1(C)CCCC1. The average Bonchev–Trinajstić information content (AvgIpc) is 2.76. The summed E-state index contributed by atoms with van der Waals surface area (Å²) in [6.07, 6.45) is 5.76. The van der Waals surface area contributed by atoms with E-state index in [-0.39, 0.29) is 5.41 Å². The fraction of sp³-hybridized carbons (Fsp3) is 0.929. The maximum Gasteiger partial charge on any atom is 0.225 e. The van der Waals surface area contributed by atoms with Crippen molar-refractivity contribution >= 4 is 5.91 Å². The van der Waals surface area contributed by atoms with E-state index in [0.717, 1.165) is 32.5 Å². The number of hydrogen-bond acceptors (Lipinski definition) is 2. The first-order valence-electron chi connectivity index (χ1n) is 7.11. The molecule has 1 amide bonds. The van der Waals surface area contributed by atoms with Gasteiger partial charge < -0.3 is 10.6 Å². The number of nitrogens with one attached hydrogen (secondary N) is 2. The van der Waals surface area contributed by atoms with Gasteiger partial charge in [0, 0.05) is 12.0 Å². The molecule has 0 spiro atoms. The van der Waals surface area contributed by atoms with Gasteiger partial charge in [-0.1, -0.05) is 26.7 Å². The van der Waals surface area contributed by atoms with Gasteiger partial charge >= 0.3 is 0 Å². The summed E-state index contributed by atoms with van der Waals surface area (Å²) in [5, 5.41) is 6.60. The third kappa shape index (κ3) is 3.01. The predicted octanol–water partition coefficient (Wildman–Crippen LogP) is 1.93. The zero-order chi connectivity index (χ0) is 12.3. The average molecular weight is 238 g/mol. The highest BCUT2D eigenvalue weighted by atomic mass is 16.2. The molecule has 1 aliphatic carbocycles. The molecule has 2 rings (SSSR count). The van der Waals surface area contributed by atoms with E-state index in [4.69, 9.17) is 0 Å². The largest absolute Gasteiger partial charge is 0.355 e. The molecule has 98 valence electrons. The fourth-order valence-corrected chi connectivity index (χ4v) is 3.19. The van der Waals surface area contributed by atoms with Crippen molar-refractivity contribution in [2.75, 3.05) is 19.6 Å². The number of carbonyl (C=O) groups is 1. The van der Waals surface area contributed by atoms with E-state index in [2.05, 4.69) is 24.5 Å². The van der Waals surface area contributed by atoms with E-state index in [9.17, 15) is 4.79 Å². The summed E-state index contributed by atoms with van der Waals surface area (Å²) in [6.45, 7) is 7.47. The Hall–Kier alpha value is -0.570. The van der Waals surface area contributed by atoms with Crippen LogP contribution in [0, 0.1) is 17.3 Å². The Kier molecular flexibility index (Phi) is 4.08. The first-order chi connectivity index (χ1) is 8.12. The summed E-state index contributed by atoms with van der Waals surface area (Å²) < 4.78 is 0. The molecule has 3 heteroatoms. The second kappa shape index (κ2) is 5.38. The molecule has 0 radical (unpaired) electrons. The Morgan fingerprint density at radius 2 is 2.12 bits per heavy atom. The Morgan fingerprint density at radius 3 is 2.76 bits per heavy atom. The monoisotopic (exact) mass is 238 g/mol. The van der Waals surface area contributed by atoms with Crippen molar-refractivity contribution in [3.8, 4) is 0 Å². The molecular weight excluding hydrogens is 212 g/mol. The van der Waals surface area contributed by atoms with Gasteiger partial charge in [0.1, 0.15) is 0 Å². The smallest absolute Gasteiger partial charge is 0.225 e. The van der Waals surface area contributed by atoms with Crippen LogP contribution in [-0.2, 0) is 4.79 Å². The summed E-state index contributed by atoms with van der Waals surface area (Å²) in [5.41, 5.74) is -0.0733. The van der Waals surface area contributed by atoms with E-state index in [1.54, 1.807) is 0 Å². The quantitative estimate of drug-likeness (QED) is 0.789. The predicted molar refractivity (Wildman–Crippen MR) is 69.7 cm³/mol. The van der Waals surface area contributed by atoms with Crippen LogP contribution in [0.5, 0.6) is 0 Å². The van der Waals surface area contributed by atoms with Crippen molar-refractivity contribution in [2.45, 2.75) is 46.0 Å². The molecule has 3 nitrogen and oxygen atoms in total. The minimum atomic E-state index is -0.0733. The molecule has 0 aromatic carbocycles. The van der Waals surface area contributed by atoms with E-state index < -0.39 is 0 Å². The molecule has 2 N–H and O–H groups in total. The third-order valence-corrected chi connectivity index (χ3v) is 4.74.